The molecule has 0 spiro atoms. The van der Waals surface area contributed by atoms with E-state index in [1.165, 1.54) is 7.11 Å². The second-order valence-electron chi connectivity index (χ2n) is 9.72. The van der Waals surface area contributed by atoms with Crippen LogP contribution in [0.25, 0.3) is 0 Å². The predicted molar refractivity (Wildman–Crippen MR) is 131 cm³/mol. The highest BCUT2D eigenvalue weighted by atomic mass is 16.6. The molecule has 188 valence electrons. The average molecular weight is 465 g/mol. The van der Waals surface area contributed by atoms with Gasteiger partial charge in [0.2, 0.25) is 5.76 Å². The minimum Gasteiger partial charge on any atom is -0.490 e. The van der Waals surface area contributed by atoms with Gasteiger partial charge >= 0.3 is 5.97 Å². The first kappa shape index (κ1) is 29.1. The largest absolute Gasteiger partial charge is 0.490 e. The molecule has 1 heterocycles. The Balaban J connectivity index is 3.50. The lowest BCUT2D eigenvalue weighted by atomic mass is 9.87. The van der Waals surface area contributed by atoms with Crippen molar-refractivity contribution in [2.45, 2.75) is 79.3 Å². The van der Waals surface area contributed by atoms with Gasteiger partial charge in [-0.1, -0.05) is 70.1 Å². The summed E-state index contributed by atoms with van der Waals surface area (Å²) in [5.74, 6) is -1.01. The van der Waals surface area contributed by atoms with Crippen molar-refractivity contribution in [1.29, 1.82) is 0 Å². The van der Waals surface area contributed by atoms with Crippen LogP contribution in [0.1, 0.15) is 54.9 Å². The maximum atomic E-state index is 13.0. The van der Waals surface area contributed by atoms with E-state index in [4.69, 9.17) is 14.2 Å². The van der Waals surface area contributed by atoms with E-state index in [0.29, 0.717) is 0 Å². The van der Waals surface area contributed by atoms with Gasteiger partial charge in [0.25, 0.3) is 0 Å². The van der Waals surface area contributed by atoms with Crippen LogP contribution in [-0.4, -0.2) is 54.8 Å². The molecule has 0 amide bonds. The number of allylic oxidation sites excluding steroid dienone is 5. The molecule has 7 atom stereocenters. The molecular weight excluding hydrogens is 420 g/mol. The van der Waals surface area contributed by atoms with Crippen LogP contribution in [0, 0.1) is 23.7 Å². The summed E-state index contributed by atoms with van der Waals surface area (Å²) in [6.07, 6.45) is 7.50. The molecule has 33 heavy (non-hydrogen) atoms. The zero-order chi connectivity index (χ0) is 25.3. The zero-order valence-corrected chi connectivity index (χ0v) is 21.7. The van der Waals surface area contributed by atoms with Gasteiger partial charge in [0, 0.05) is 18.9 Å². The van der Waals surface area contributed by atoms with Gasteiger partial charge in [0.05, 0.1) is 19.3 Å². The van der Waals surface area contributed by atoms with Crippen LogP contribution < -0.4 is 0 Å². The van der Waals surface area contributed by atoms with Gasteiger partial charge in [-0.2, -0.15) is 0 Å². The highest BCUT2D eigenvalue weighted by molar-refractivity contribution is 5.87. The maximum Gasteiger partial charge on any atom is 0.373 e. The Kier molecular flexibility index (Phi) is 12.1. The maximum absolute atomic E-state index is 13.0. The third-order valence-electron chi connectivity index (χ3n) is 6.33. The number of aliphatic hydroxyl groups is 2. The number of aliphatic hydroxyl groups excluding tert-OH is 2. The van der Waals surface area contributed by atoms with E-state index in [-0.39, 0.29) is 29.4 Å². The lowest BCUT2D eigenvalue weighted by molar-refractivity contribution is -0.161. The van der Waals surface area contributed by atoms with Gasteiger partial charge in [0.15, 0.2) is 0 Å². The van der Waals surface area contributed by atoms with E-state index in [0.717, 1.165) is 17.6 Å². The fraction of sp³-hybridized carbons (Fsp3) is 0.667. The summed E-state index contributed by atoms with van der Waals surface area (Å²) in [6, 6.07) is 0. The van der Waals surface area contributed by atoms with Crippen LogP contribution >= 0.6 is 0 Å². The monoisotopic (exact) mass is 464 g/mol. The third kappa shape index (κ3) is 8.76. The van der Waals surface area contributed by atoms with Gasteiger partial charge < -0.3 is 24.4 Å². The molecule has 6 heteroatoms. The fourth-order valence-electron chi connectivity index (χ4n) is 4.29. The fourth-order valence-corrected chi connectivity index (χ4v) is 4.29. The molecule has 0 aromatic heterocycles. The average Bonchev–Trinajstić information content (AvgIpc) is 2.76. The Labute approximate surface area is 200 Å². The Morgan fingerprint density at radius 2 is 1.79 bits per heavy atom. The number of methoxy groups -OCH3 is 2. The van der Waals surface area contributed by atoms with Gasteiger partial charge in [-0.3, -0.25) is 0 Å². The van der Waals surface area contributed by atoms with E-state index in [9.17, 15) is 15.0 Å². The molecule has 0 saturated carbocycles. The minimum absolute atomic E-state index is 0.0142. The summed E-state index contributed by atoms with van der Waals surface area (Å²) < 4.78 is 16.9. The van der Waals surface area contributed by atoms with E-state index in [2.05, 4.69) is 0 Å². The number of rotatable bonds is 5. The van der Waals surface area contributed by atoms with Crippen molar-refractivity contribution in [3.8, 4) is 0 Å². The molecule has 1 unspecified atom stereocenters. The molecule has 1 aliphatic heterocycles. The van der Waals surface area contributed by atoms with Crippen molar-refractivity contribution in [1.82, 2.24) is 0 Å². The number of esters is 1. The third-order valence-corrected chi connectivity index (χ3v) is 6.33. The first-order valence-electron chi connectivity index (χ1n) is 11.8. The summed E-state index contributed by atoms with van der Waals surface area (Å²) in [5.41, 5.74) is 1.91. The quantitative estimate of drug-likeness (QED) is 0.579. The lowest BCUT2D eigenvalue weighted by Gasteiger charge is -2.33. The van der Waals surface area contributed by atoms with Crippen LogP contribution in [0.15, 0.2) is 47.3 Å². The van der Waals surface area contributed by atoms with Gasteiger partial charge in [-0.05, 0) is 38.2 Å². The van der Waals surface area contributed by atoms with Crippen LogP contribution in [-0.2, 0) is 19.0 Å². The SMILES string of the molecule is CO/C1=C\C(C)=C\C(C)[C@@H](O)[C@@H](C)C/C(C)=C/C=C/[C@H](OC)[C@@H]([C@@H](C)[C@@H](O)C(C)C)OC1=O. The summed E-state index contributed by atoms with van der Waals surface area (Å²) in [6.45, 7) is 13.6. The second-order valence-corrected chi connectivity index (χ2v) is 9.72. The van der Waals surface area contributed by atoms with Crippen molar-refractivity contribution >= 4 is 5.97 Å². The van der Waals surface area contributed by atoms with Crippen LogP contribution in [0.5, 0.6) is 0 Å². The molecular formula is C27H44O6. The Bertz CT molecular complexity index is 748. The minimum atomic E-state index is -0.722. The molecule has 1 rings (SSSR count). The van der Waals surface area contributed by atoms with Crippen molar-refractivity contribution in [3.63, 3.8) is 0 Å². The topological polar surface area (TPSA) is 85.2 Å². The van der Waals surface area contributed by atoms with Gasteiger partial charge in [0.1, 0.15) is 12.2 Å². The number of carbonyl (C=O) groups excluding carboxylic acids is 1. The smallest absolute Gasteiger partial charge is 0.373 e. The summed E-state index contributed by atoms with van der Waals surface area (Å²) in [5, 5.41) is 21.5. The molecule has 0 radical (unpaired) electrons. The van der Waals surface area contributed by atoms with Crippen molar-refractivity contribution in [2.75, 3.05) is 14.2 Å². The first-order valence-corrected chi connectivity index (χ1v) is 11.8. The Hall–Kier alpha value is -1.89. The predicted octanol–water partition coefficient (Wildman–Crippen LogP) is 4.58. The molecule has 1 aliphatic rings. The Morgan fingerprint density at radius 1 is 1.15 bits per heavy atom. The number of carbonyl (C=O) groups is 1. The molecule has 0 aliphatic carbocycles. The number of ether oxygens (including phenoxy) is 3. The molecule has 0 aromatic carbocycles. The molecule has 2 N–H and O–H groups in total. The second kappa shape index (κ2) is 13.7. The molecule has 0 aromatic rings. The molecule has 6 nitrogen and oxygen atoms in total. The standard InChI is InChI=1S/C27H44O6/c1-16(2)24(28)21(7)26-22(31-8)12-10-11-17(3)13-19(5)25(29)20(6)14-18(4)15-23(32-9)27(30)33-26/h10-12,14-16,19-22,24-26,28-29H,13H2,1-9H3/b12-10+,17-11+,18-14+,23-15-/t19-,20?,21-,22-,24-,25-,26+/m0/s1. The van der Waals surface area contributed by atoms with Crippen molar-refractivity contribution < 1.29 is 29.2 Å². The lowest BCUT2D eigenvalue weighted by Crippen LogP contribution is -2.43. The van der Waals surface area contributed by atoms with Gasteiger partial charge in [-0.25, -0.2) is 4.79 Å². The van der Waals surface area contributed by atoms with Gasteiger partial charge in [-0.15, -0.1) is 0 Å². The van der Waals surface area contributed by atoms with E-state index in [1.807, 2.05) is 72.8 Å². The van der Waals surface area contributed by atoms with E-state index < -0.39 is 30.4 Å². The number of cyclic esters (lactones) is 1. The first-order chi connectivity index (χ1) is 15.4. The molecule has 0 saturated heterocycles. The van der Waals surface area contributed by atoms with E-state index >= 15 is 0 Å². The number of hydrogen-bond donors (Lipinski definition) is 2. The number of hydrogen-bond acceptors (Lipinski definition) is 6. The van der Waals surface area contributed by atoms with Crippen LogP contribution in [0.2, 0.25) is 0 Å². The Morgan fingerprint density at radius 3 is 2.33 bits per heavy atom. The summed E-state index contributed by atoms with van der Waals surface area (Å²) >= 11 is 0. The molecule has 0 fully saturated rings. The van der Waals surface area contributed by atoms with Crippen molar-refractivity contribution in [2.24, 2.45) is 23.7 Å². The summed E-state index contributed by atoms with van der Waals surface area (Å²) in [4.78, 5) is 13.0. The van der Waals surface area contributed by atoms with Crippen molar-refractivity contribution in [3.05, 3.63) is 47.3 Å². The zero-order valence-electron chi connectivity index (χ0n) is 21.7. The highest BCUT2D eigenvalue weighted by Gasteiger charge is 2.35. The summed E-state index contributed by atoms with van der Waals surface area (Å²) in [7, 11) is 2.97. The van der Waals surface area contributed by atoms with E-state index in [1.54, 1.807) is 13.2 Å². The van der Waals surface area contributed by atoms with Crippen LogP contribution in [0.4, 0.5) is 0 Å². The molecule has 0 bridgehead atoms. The normalized spacial score (nSPS) is 35.8. The van der Waals surface area contributed by atoms with Crippen LogP contribution in [0.3, 0.4) is 0 Å². The highest BCUT2D eigenvalue weighted by Crippen LogP contribution is 2.26.